The summed E-state index contributed by atoms with van der Waals surface area (Å²) in [6, 6.07) is 0. The Bertz CT molecular complexity index is 33.8. The molecule has 41 valence electrons. The van der Waals surface area contributed by atoms with Gasteiger partial charge in [0.25, 0.3) is 5.09 Å². The summed E-state index contributed by atoms with van der Waals surface area (Å²) < 4.78 is 0. The standard InChI is InChI=1S/Mn.HNO3.Ni/c;2-1(3)4;/h;(H,2,3,4);. The molecule has 0 rings (SSSR count). The fourth-order valence-corrected chi connectivity index (χ4v) is 0. The quantitative estimate of drug-likeness (QED) is 0.312. The third-order valence-corrected chi connectivity index (χ3v) is 0. The molecule has 0 saturated carbocycles. The summed E-state index contributed by atoms with van der Waals surface area (Å²) in [4.78, 5) is 8.36. The minimum Gasteiger partial charge on any atom is -0.328 e. The van der Waals surface area contributed by atoms with E-state index >= 15 is 0 Å². The number of hydrogen-bond acceptors (Lipinski definition) is 2. The molecule has 0 unspecified atom stereocenters. The van der Waals surface area contributed by atoms with Gasteiger partial charge >= 0.3 is 0 Å². The van der Waals surface area contributed by atoms with E-state index in [4.69, 9.17) is 15.3 Å². The Morgan fingerprint density at radius 2 is 1.67 bits per heavy atom. The maximum absolute atomic E-state index is 8.36. The zero-order chi connectivity index (χ0) is 3.58. The van der Waals surface area contributed by atoms with Crippen molar-refractivity contribution >= 4 is 0 Å². The Balaban J connectivity index is -0.0000000450. The summed E-state index contributed by atoms with van der Waals surface area (Å²) in [6.07, 6.45) is 0. The first-order valence-corrected chi connectivity index (χ1v) is 0.565. The molecule has 0 aromatic rings. The second-order valence-electron chi connectivity index (χ2n) is 0.238. The van der Waals surface area contributed by atoms with Crippen molar-refractivity contribution in [2.75, 3.05) is 0 Å². The maximum Gasteiger partial charge on any atom is 0.291 e. The molecule has 0 aliphatic rings. The number of rotatable bonds is 0. The van der Waals surface area contributed by atoms with Crippen LogP contribution in [0.1, 0.15) is 0 Å². The smallest absolute Gasteiger partial charge is 0.291 e. The minimum atomic E-state index is -1.50. The van der Waals surface area contributed by atoms with Gasteiger partial charge in [-0.05, 0) is 0 Å². The summed E-state index contributed by atoms with van der Waals surface area (Å²) in [7, 11) is 0. The molecule has 0 heterocycles. The van der Waals surface area contributed by atoms with E-state index in [1.807, 2.05) is 0 Å². The van der Waals surface area contributed by atoms with Crippen LogP contribution in [0.15, 0.2) is 0 Å². The van der Waals surface area contributed by atoms with E-state index < -0.39 is 5.09 Å². The van der Waals surface area contributed by atoms with Crippen molar-refractivity contribution in [1.82, 2.24) is 0 Å². The third-order valence-electron chi connectivity index (χ3n) is 0. The summed E-state index contributed by atoms with van der Waals surface area (Å²) in [6.45, 7) is 0. The van der Waals surface area contributed by atoms with Crippen molar-refractivity contribution in [3.63, 3.8) is 0 Å². The fourth-order valence-electron chi connectivity index (χ4n) is 0. The van der Waals surface area contributed by atoms with E-state index in [0.29, 0.717) is 0 Å². The van der Waals surface area contributed by atoms with Gasteiger partial charge in [0, 0.05) is 33.6 Å². The van der Waals surface area contributed by atoms with Gasteiger partial charge in [0.15, 0.2) is 0 Å². The Kier molecular flexibility index (Phi) is 24.4. The van der Waals surface area contributed by atoms with E-state index in [0.717, 1.165) is 0 Å². The molecule has 4 nitrogen and oxygen atoms in total. The second kappa shape index (κ2) is 8.96. The first-order valence-electron chi connectivity index (χ1n) is 0.565. The van der Waals surface area contributed by atoms with Crippen molar-refractivity contribution < 1.29 is 43.9 Å². The first-order chi connectivity index (χ1) is 1.73. The molecule has 6 heavy (non-hydrogen) atoms. The molecule has 0 spiro atoms. The summed E-state index contributed by atoms with van der Waals surface area (Å²) in [5, 5.41) is 13.6. The van der Waals surface area contributed by atoms with Crippen LogP contribution in [0.5, 0.6) is 0 Å². The van der Waals surface area contributed by atoms with E-state index in [-0.39, 0.29) is 33.6 Å². The molecule has 0 aromatic carbocycles. The van der Waals surface area contributed by atoms with Crippen LogP contribution < -0.4 is 0 Å². The summed E-state index contributed by atoms with van der Waals surface area (Å²) >= 11 is 0. The van der Waals surface area contributed by atoms with Gasteiger partial charge in [-0.25, -0.2) is 0 Å². The van der Waals surface area contributed by atoms with Crippen molar-refractivity contribution in [1.29, 1.82) is 0 Å². The zero-order valence-corrected chi connectivity index (χ0v) is 4.57. The van der Waals surface area contributed by atoms with Crippen molar-refractivity contribution in [3.8, 4) is 0 Å². The van der Waals surface area contributed by atoms with Crippen LogP contribution in [0.2, 0.25) is 0 Å². The van der Waals surface area contributed by atoms with Crippen LogP contribution in [0, 0.1) is 10.1 Å². The van der Waals surface area contributed by atoms with Gasteiger partial charge in [0.05, 0.1) is 0 Å². The Hall–Kier alpha value is 0.213. The predicted molar refractivity (Wildman–Crippen MR) is 8.78 cm³/mol. The van der Waals surface area contributed by atoms with Gasteiger partial charge in [0.2, 0.25) is 0 Å². The molecular weight excluding hydrogens is 176 g/mol. The molecule has 0 aromatic heterocycles. The summed E-state index contributed by atoms with van der Waals surface area (Å²) in [5.41, 5.74) is 0. The normalized spacial score (nSPS) is 4.00. The molecule has 0 bridgehead atoms. The Labute approximate surface area is 54.4 Å². The molecule has 0 aliphatic heterocycles. The molecule has 0 saturated heterocycles. The third kappa shape index (κ3) is 959. The van der Waals surface area contributed by atoms with Crippen LogP contribution in [0.4, 0.5) is 0 Å². The molecule has 0 amide bonds. The largest absolute Gasteiger partial charge is 0.328 e. The molecule has 1 radical (unpaired) electrons. The van der Waals surface area contributed by atoms with Crippen molar-refractivity contribution in [3.05, 3.63) is 10.1 Å². The van der Waals surface area contributed by atoms with Crippen LogP contribution in [0.3, 0.4) is 0 Å². The maximum atomic E-state index is 8.36. The van der Waals surface area contributed by atoms with Gasteiger partial charge < -0.3 is 5.21 Å². The van der Waals surface area contributed by atoms with Crippen LogP contribution in [-0.2, 0) is 33.6 Å². The van der Waals surface area contributed by atoms with Crippen molar-refractivity contribution in [2.24, 2.45) is 0 Å². The summed E-state index contributed by atoms with van der Waals surface area (Å²) in [5.74, 6) is 0. The van der Waals surface area contributed by atoms with Gasteiger partial charge in [-0.2, -0.15) is 0 Å². The molecular formula is HMnNNiO3. The van der Waals surface area contributed by atoms with E-state index in [2.05, 4.69) is 0 Å². The molecule has 0 fully saturated rings. The van der Waals surface area contributed by atoms with Crippen molar-refractivity contribution in [2.45, 2.75) is 0 Å². The number of hydrogen-bond donors (Lipinski definition) is 1. The number of nitrogens with zero attached hydrogens (tertiary/aromatic N) is 1. The monoisotopic (exact) mass is 176 g/mol. The minimum absolute atomic E-state index is 0. The van der Waals surface area contributed by atoms with Gasteiger partial charge in [0.1, 0.15) is 0 Å². The van der Waals surface area contributed by atoms with E-state index in [9.17, 15) is 0 Å². The first kappa shape index (κ1) is 16.4. The van der Waals surface area contributed by atoms with Crippen LogP contribution in [-0.4, -0.2) is 10.3 Å². The molecule has 0 atom stereocenters. The van der Waals surface area contributed by atoms with Crippen LogP contribution in [0.25, 0.3) is 0 Å². The average molecular weight is 177 g/mol. The zero-order valence-electron chi connectivity index (χ0n) is 2.41. The molecule has 0 aliphatic carbocycles. The van der Waals surface area contributed by atoms with E-state index in [1.54, 1.807) is 0 Å². The second-order valence-corrected chi connectivity index (χ2v) is 0.238. The van der Waals surface area contributed by atoms with Gasteiger partial charge in [-0.3, -0.25) is 0 Å². The molecule has 6 heteroatoms. The predicted octanol–water partition coefficient (Wildman–Crippen LogP) is -0.353. The van der Waals surface area contributed by atoms with Gasteiger partial charge in [-0.1, -0.05) is 0 Å². The van der Waals surface area contributed by atoms with Crippen LogP contribution >= 0.6 is 0 Å². The Morgan fingerprint density at radius 3 is 1.67 bits per heavy atom. The SMILES string of the molecule is O=[N+]([O-])O.[Mn].[Ni]. The Morgan fingerprint density at radius 1 is 1.67 bits per heavy atom. The topological polar surface area (TPSA) is 63.4 Å². The van der Waals surface area contributed by atoms with Gasteiger partial charge in [-0.15, -0.1) is 10.1 Å². The fraction of sp³-hybridized carbons (Fsp3) is 0. The average Bonchev–Trinajstić information content (AvgIpc) is 0.811. The van der Waals surface area contributed by atoms with E-state index in [1.165, 1.54) is 0 Å². The molecule has 1 N–H and O–H groups in total.